The van der Waals surface area contributed by atoms with Crippen LogP contribution in [-0.2, 0) is 12.7 Å². The van der Waals surface area contributed by atoms with Crippen molar-refractivity contribution in [2.24, 2.45) is 0 Å². The number of benzene rings is 2. The Balaban J connectivity index is 1.51. The summed E-state index contributed by atoms with van der Waals surface area (Å²) in [5.74, 6) is -0.293. The van der Waals surface area contributed by atoms with Gasteiger partial charge in [0.05, 0.1) is 23.7 Å². The molecule has 4 rings (SSSR count). The second kappa shape index (κ2) is 11.1. The quantitative estimate of drug-likeness (QED) is 0.506. The molecule has 0 saturated carbocycles. The largest absolute Gasteiger partial charge is 0.416 e. The van der Waals surface area contributed by atoms with Crippen LogP contribution in [0.3, 0.4) is 0 Å². The first-order valence-corrected chi connectivity index (χ1v) is 11.9. The number of amides is 1. The molecule has 7 nitrogen and oxygen atoms in total. The predicted molar refractivity (Wildman–Crippen MR) is 139 cm³/mol. The van der Waals surface area contributed by atoms with Crippen LogP contribution in [0.4, 0.5) is 24.7 Å². The average molecular weight is 511 g/mol. The molecule has 0 aliphatic carbocycles. The van der Waals surface area contributed by atoms with E-state index in [9.17, 15) is 18.0 Å². The van der Waals surface area contributed by atoms with Crippen LogP contribution in [0.2, 0.25) is 0 Å². The molecule has 194 valence electrons. The Labute approximate surface area is 213 Å². The minimum Gasteiger partial charge on any atom is -0.382 e. The lowest BCUT2D eigenvalue weighted by Gasteiger charge is -2.33. The maximum Gasteiger partial charge on any atom is 0.416 e. The van der Waals surface area contributed by atoms with Gasteiger partial charge in [-0.1, -0.05) is 18.2 Å². The molecule has 2 aromatic carbocycles. The van der Waals surface area contributed by atoms with Gasteiger partial charge in [-0.3, -0.25) is 14.7 Å². The normalized spacial score (nSPS) is 15.3. The van der Waals surface area contributed by atoms with Gasteiger partial charge in [0.25, 0.3) is 5.91 Å². The molecule has 1 amide bonds. The molecule has 0 atom stereocenters. The monoisotopic (exact) mass is 510 g/mol. The zero-order valence-corrected chi connectivity index (χ0v) is 20.7. The maximum absolute atomic E-state index is 13.9. The fourth-order valence-corrected chi connectivity index (χ4v) is 4.08. The van der Waals surface area contributed by atoms with Crippen molar-refractivity contribution < 1.29 is 18.0 Å². The third-order valence-corrected chi connectivity index (χ3v) is 6.33. The van der Waals surface area contributed by atoms with Crippen LogP contribution in [-0.4, -0.2) is 58.9 Å². The number of hydrogen-bond acceptors (Lipinski definition) is 6. The Kier molecular flexibility index (Phi) is 7.89. The second-order valence-electron chi connectivity index (χ2n) is 9.17. The summed E-state index contributed by atoms with van der Waals surface area (Å²) in [6, 6.07) is 9.08. The van der Waals surface area contributed by atoms with E-state index in [1.54, 1.807) is 24.4 Å². The summed E-state index contributed by atoms with van der Waals surface area (Å²) >= 11 is 0. The molecular formula is C27H29F3N6O. The molecule has 3 aromatic rings. The van der Waals surface area contributed by atoms with Gasteiger partial charge in [-0.05, 0) is 61.0 Å². The summed E-state index contributed by atoms with van der Waals surface area (Å²) in [5, 5.41) is 2.72. The minimum absolute atomic E-state index is 0.0516. The van der Waals surface area contributed by atoms with E-state index in [-0.39, 0.29) is 17.7 Å². The number of nitrogens with zero attached hydrogens (tertiary/aromatic N) is 4. The van der Waals surface area contributed by atoms with Gasteiger partial charge >= 0.3 is 6.18 Å². The van der Waals surface area contributed by atoms with E-state index < -0.39 is 17.6 Å². The number of aromatic nitrogens is 2. The first-order valence-electron chi connectivity index (χ1n) is 11.9. The fraction of sp³-hybridized carbons (Fsp3) is 0.296. The van der Waals surface area contributed by atoms with Crippen LogP contribution in [0, 0.1) is 6.92 Å². The average Bonchev–Trinajstić information content (AvgIpc) is 2.86. The number of hydrogen-bond donors (Lipinski definition) is 2. The number of carbonyl (C=O) groups excluding carboxylic acids is 1. The molecular weight excluding hydrogens is 481 g/mol. The Hall–Kier alpha value is -3.76. The maximum atomic E-state index is 13.9. The number of piperazine rings is 1. The molecule has 1 aliphatic heterocycles. The molecule has 37 heavy (non-hydrogen) atoms. The Morgan fingerprint density at radius 3 is 2.49 bits per heavy atom. The van der Waals surface area contributed by atoms with Gasteiger partial charge < -0.3 is 16.0 Å². The zero-order chi connectivity index (χ0) is 26.6. The van der Waals surface area contributed by atoms with Crippen molar-refractivity contribution in [3.8, 4) is 0 Å². The molecule has 0 unspecified atom stereocenters. The topological polar surface area (TPSA) is 87.4 Å². The van der Waals surface area contributed by atoms with Crippen LogP contribution in [0.15, 0.2) is 48.8 Å². The number of carbonyl (C=O) groups is 1. The molecule has 2 heterocycles. The van der Waals surface area contributed by atoms with Gasteiger partial charge in [-0.25, -0.2) is 4.98 Å². The van der Waals surface area contributed by atoms with E-state index in [4.69, 9.17) is 5.73 Å². The third kappa shape index (κ3) is 6.93. The summed E-state index contributed by atoms with van der Waals surface area (Å²) in [7, 11) is 1.99. The molecule has 0 bridgehead atoms. The zero-order valence-electron chi connectivity index (χ0n) is 20.7. The SMILES string of the molecule is Cc1ccc(NC(=O)c2ccc(CN3CCN(C)CC3)c(C(F)(F)F)c2)cc1/C=C/c1cnc(N)cn1. The van der Waals surface area contributed by atoms with E-state index in [0.717, 1.165) is 30.3 Å². The van der Waals surface area contributed by atoms with Crippen molar-refractivity contribution in [1.82, 2.24) is 19.8 Å². The third-order valence-electron chi connectivity index (χ3n) is 6.33. The van der Waals surface area contributed by atoms with Crippen LogP contribution in [0.5, 0.6) is 0 Å². The molecule has 1 saturated heterocycles. The van der Waals surface area contributed by atoms with Crippen molar-refractivity contribution >= 4 is 29.6 Å². The number of halogens is 3. The molecule has 1 aromatic heterocycles. The first-order chi connectivity index (χ1) is 17.6. The second-order valence-corrected chi connectivity index (χ2v) is 9.17. The van der Waals surface area contributed by atoms with Crippen LogP contribution in [0.25, 0.3) is 12.2 Å². The van der Waals surface area contributed by atoms with Gasteiger partial charge in [0, 0.05) is 44.0 Å². The summed E-state index contributed by atoms with van der Waals surface area (Å²) < 4.78 is 41.7. The van der Waals surface area contributed by atoms with E-state index >= 15 is 0 Å². The van der Waals surface area contributed by atoms with Gasteiger partial charge in [0.2, 0.25) is 0 Å². The number of rotatable bonds is 6. The van der Waals surface area contributed by atoms with E-state index in [1.165, 1.54) is 18.3 Å². The number of nitrogen functional groups attached to an aromatic ring is 1. The lowest BCUT2D eigenvalue weighted by atomic mass is 10.0. The standard InChI is InChI=1S/C27H29F3N6O/c1-18-3-7-22(13-19(18)6-8-23-15-33-25(31)16-32-23)34-26(37)20-4-5-21(24(14-20)27(28,29)30)17-36-11-9-35(2)10-12-36/h3-8,13-16H,9-12,17H2,1-2H3,(H2,31,33)(H,34,37)/b8-6+. The van der Waals surface area contributed by atoms with E-state index in [1.807, 2.05) is 31.0 Å². The fourth-order valence-electron chi connectivity index (χ4n) is 4.08. The van der Waals surface area contributed by atoms with Crippen LogP contribution < -0.4 is 11.1 Å². The highest BCUT2D eigenvalue weighted by Crippen LogP contribution is 2.34. The molecule has 10 heteroatoms. The summed E-state index contributed by atoms with van der Waals surface area (Å²) in [4.78, 5) is 25.2. The Morgan fingerprint density at radius 2 is 1.81 bits per heavy atom. The summed E-state index contributed by atoms with van der Waals surface area (Å²) in [6.07, 6.45) is 2.01. The van der Waals surface area contributed by atoms with Gasteiger partial charge in [0.1, 0.15) is 5.82 Å². The first kappa shape index (κ1) is 26.3. The number of likely N-dealkylation sites (N-methyl/N-ethyl adjacent to an activating group) is 1. The summed E-state index contributed by atoms with van der Waals surface area (Å²) in [5.41, 5.74) is 7.73. The summed E-state index contributed by atoms with van der Waals surface area (Å²) in [6.45, 7) is 5.12. The van der Waals surface area contributed by atoms with Crippen LogP contribution >= 0.6 is 0 Å². The molecule has 1 aliphatic rings. The lowest BCUT2D eigenvalue weighted by Crippen LogP contribution is -2.44. The predicted octanol–water partition coefficient (Wildman–Crippen LogP) is 4.56. The molecule has 1 fully saturated rings. The van der Waals surface area contributed by atoms with Gasteiger partial charge in [-0.2, -0.15) is 13.2 Å². The highest BCUT2D eigenvalue weighted by atomic mass is 19.4. The highest BCUT2D eigenvalue weighted by Gasteiger charge is 2.34. The van der Waals surface area contributed by atoms with E-state index in [2.05, 4.69) is 20.2 Å². The number of anilines is 2. The number of alkyl halides is 3. The van der Waals surface area contributed by atoms with Gasteiger partial charge in [-0.15, -0.1) is 0 Å². The van der Waals surface area contributed by atoms with Crippen molar-refractivity contribution in [3.63, 3.8) is 0 Å². The van der Waals surface area contributed by atoms with Crippen molar-refractivity contribution in [2.75, 3.05) is 44.3 Å². The van der Waals surface area contributed by atoms with E-state index in [0.29, 0.717) is 30.3 Å². The van der Waals surface area contributed by atoms with Crippen LogP contribution in [0.1, 0.15) is 38.3 Å². The number of nitrogens with one attached hydrogen (secondary N) is 1. The number of aryl methyl sites for hydroxylation is 1. The molecule has 0 radical (unpaired) electrons. The van der Waals surface area contributed by atoms with Gasteiger partial charge in [0.15, 0.2) is 0 Å². The minimum atomic E-state index is -4.56. The Bertz CT molecular complexity index is 1280. The Morgan fingerprint density at radius 1 is 1.05 bits per heavy atom. The van der Waals surface area contributed by atoms with Crippen molar-refractivity contribution in [1.29, 1.82) is 0 Å². The highest BCUT2D eigenvalue weighted by molar-refractivity contribution is 6.04. The lowest BCUT2D eigenvalue weighted by molar-refractivity contribution is -0.138. The number of nitrogens with two attached hydrogens (primary N) is 1. The molecule has 0 spiro atoms. The smallest absolute Gasteiger partial charge is 0.382 e. The van der Waals surface area contributed by atoms with Crippen molar-refractivity contribution in [2.45, 2.75) is 19.6 Å². The van der Waals surface area contributed by atoms with Crippen molar-refractivity contribution in [3.05, 3.63) is 82.3 Å². The molecule has 3 N–H and O–H groups in total.